The van der Waals surface area contributed by atoms with Crippen LogP contribution in [-0.4, -0.2) is 9.97 Å². The first-order chi connectivity index (χ1) is 11.0. The molecule has 116 valence electrons. The second-order valence-corrected chi connectivity index (χ2v) is 5.89. The quantitative estimate of drug-likeness (QED) is 0.691. The van der Waals surface area contributed by atoms with Crippen molar-refractivity contribution in [3.8, 4) is 11.4 Å². The van der Waals surface area contributed by atoms with Gasteiger partial charge in [0, 0.05) is 5.03 Å². The van der Waals surface area contributed by atoms with Gasteiger partial charge in [0.1, 0.15) is 11.4 Å². The van der Waals surface area contributed by atoms with E-state index in [2.05, 4.69) is 16.5 Å². The van der Waals surface area contributed by atoms with Crippen molar-refractivity contribution in [2.45, 2.75) is 6.92 Å². The van der Waals surface area contributed by atoms with Crippen molar-refractivity contribution >= 4 is 39.3 Å². The number of hydrogen-bond acceptors (Lipinski definition) is 3. The Balaban J connectivity index is 2.13. The average Bonchev–Trinajstić information content (AvgIpc) is 2.92. The van der Waals surface area contributed by atoms with Gasteiger partial charge < -0.3 is 9.40 Å². The van der Waals surface area contributed by atoms with Crippen molar-refractivity contribution in [2.75, 3.05) is 0 Å². The van der Waals surface area contributed by atoms with Crippen LogP contribution >= 0.6 is 23.2 Å². The molecule has 4 nitrogen and oxygen atoms in total. The molecule has 0 aliphatic rings. The number of fused-ring (bicyclic) bond motifs is 1. The van der Waals surface area contributed by atoms with Gasteiger partial charge in [-0.25, -0.2) is 9.78 Å². The van der Waals surface area contributed by atoms with Gasteiger partial charge in [-0.2, -0.15) is 0 Å². The second-order valence-electron chi connectivity index (χ2n) is 5.00. The van der Waals surface area contributed by atoms with E-state index in [0.717, 1.165) is 11.0 Å². The summed E-state index contributed by atoms with van der Waals surface area (Å²) in [7, 11) is 0. The maximum Gasteiger partial charge on any atom is 0.347 e. The Kier molecular flexibility index (Phi) is 4.11. The number of aryl methyl sites for hydroxylation is 1. The molecule has 0 fully saturated rings. The number of H-pyrrole nitrogens is 1. The molecule has 3 aromatic rings. The summed E-state index contributed by atoms with van der Waals surface area (Å²) >= 11 is 11.8. The highest BCUT2D eigenvalue weighted by atomic mass is 35.5. The summed E-state index contributed by atoms with van der Waals surface area (Å²) in [6.07, 6.45) is 1.43. The number of imidazole rings is 1. The Morgan fingerprint density at radius 3 is 2.78 bits per heavy atom. The van der Waals surface area contributed by atoms with E-state index < -0.39 is 5.63 Å². The van der Waals surface area contributed by atoms with E-state index in [-0.39, 0.29) is 15.8 Å². The molecule has 0 radical (unpaired) electrons. The first-order valence-corrected chi connectivity index (χ1v) is 7.53. The van der Waals surface area contributed by atoms with Gasteiger partial charge in [0.2, 0.25) is 0 Å². The lowest BCUT2D eigenvalue weighted by molar-refractivity contribution is 0.497. The molecule has 0 unspecified atom stereocenters. The monoisotopic (exact) mass is 346 g/mol. The first kappa shape index (κ1) is 15.6. The van der Waals surface area contributed by atoms with Gasteiger partial charge in [0.05, 0.1) is 16.1 Å². The molecule has 0 spiro atoms. The van der Waals surface area contributed by atoms with E-state index in [9.17, 15) is 4.79 Å². The fourth-order valence-electron chi connectivity index (χ4n) is 2.25. The van der Waals surface area contributed by atoms with Crippen molar-refractivity contribution in [3.63, 3.8) is 0 Å². The van der Waals surface area contributed by atoms with Crippen LogP contribution in [-0.2, 0) is 0 Å². The van der Waals surface area contributed by atoms with Crippen molar-refractivity contribution in [1.82, 2.24) is 9.97 Å². The van der Waals surface area contributed by atoms with E-state index in [1.54, 1.807) is 13.0 Å². The highest BCUT2D eigenvalue weighted by Crippen LogP contribution is 2.26. The predicted molar refractivity (Wildman–Crippen MR) is 93.6 cm³/mol. The molecule has 0 atom stereocenters. The molecule has 0 aliphatic heterocycles. The molecule has 2 heterocycles. The molecule has 1 aromatic carbocycles. The predicted octanol–water partition coefficient (Wildman–Crippen LogP) is 4.82. The van der Waals surface area contributed by atoms with E-state index in [0.29, 0.717) is 17.0 Å². The summed E-state index contributed by atoms with van der Waals surface area (Å²) in [5.74, 6) is 0.717. The van der Waals surface area contributed by atoms with Crippen LogP contribution in [0.4, 0.5) is 0 Å². The van der Waals surface area contributed by atoms with Crippen LogP contribution in [0.1, 0.15) is 11.3 Å². The number of nitrogens with one attached hydrogen (secondary N) is 1. The summed E-state index contributed by atoms with van der Waals surface area (Å²) in [4.78, 5) is 19.8. The normalized spacial score (nSPS) is 11.9. The molecular formula is C17H12Cl2N2O2. The van der Waals surface area contributed by atoms with E-state index in [4.69, 9.17) is 27.6 Å². The number of aromatic amines is 1. The smallest absolute Gasteiger partial charge is 0.347 e. The molecule has 0 amide bonds. The van der Waals surface area contributed by atoms with Crippen LogP contribution in [0.25, 0.3) is 27.5 Å². The minimum absolute atomic E-state index is 0.218. The Morgan fingerprint density at radius 2 is 2.09 bits per heavy atom. The van der Waals surface area contributed by atoms with Crippen LogP contribution in [0.15, 0.2) is 57.2 Å². The van der Waals surface area contributed by atoms with Gasteiger partial charge in [0.25, 0.3) is 0 Å². The van der Waals surface area contributed by atoms with Gasteiger partial charge in [-0.1, -0.05) is 41.9 Å². The molecule has 0 bridgehead atoms. The zero-order valence-corrected chi connectivity index (χ0v) is 13.7. The van der Waals surface area contributed by atoms with Crippen LogP contribution in [0, 0.1) is 6.92 Å². The molecule has 23 heavy (non-hydrogen) atoms. The van der Waals surface area contributed by atoms with Crippen molar-refractivity contribution in [2.24, 2.45) is 0 Å². The van der Waals surface area contributed by atoms with Crippen LogP contribution in [0.5, 0.6) is 0 Å². The topological polar surface area (TPSA) is 58.9 Å². The first-order valence-electron chi connectivity index (χ1n) is 6.77. The number of allylic oxidation sites excluding steroid dienone is 2. The van der Waals surface area contributed by atoms with Crippen LogP contribution < -0.4 is 5.63 Å². The lowest BCUT2D eigenvalue weighted by Crippen LogP contribution is -2.06. The van der Waals surface area contributed by atoms with Crippen LogP contribution in [0.2, 0.25) is 0 Å². The largest absolute Gasteiger partial charge is 0.421 e. The van der Waals surface area contributed by atoms with Gasteiger partial charge in [0.15, 0.2) is 5.76 Å². The number of nitrogens with zero attached hydrogens (tertiary/aromatic N) is 1. The third-order valence-corrected chi connectivity index (χ3v) is 3.67. The van der Waals surface area contributed by atoms with E-state index in [1.807, 2.05) is 24.3 Å². The number of hydrogen-bond donors (Lipinski definition) is 1. The lowest BCUT2D eigenvalue weighted by Gasteiger charge is -2.04. The molecule has 0 aliphatic carbocycles. The Hall–Kier alpha value is -2.30. The Morgan fingerprint density at radius 1 is 1.35 bits per heavy atom. The summed E-state index contributed by atoms with van der Waals surface area (Å²) in [5, 5.41) is 0.467. The number of para-hydroxylation sites is 2. The molecule has 3 rings (SSSR count). The van der Waals surface area contributed by atoms with Crippen LogP contribution in [0.3, 0.4) is 0 Å². The fourth-order valence-corrected chi connectivity index (χ4v) is 2.74. The standard InChI is InChI=1S/C17H12Cl2N2O2/c1-9-7-11(16-20-13-5-3-4-6-14(13)21-16)17(22)23-15(9)12(19)8-10(2)18/h3-8H,2H2,1H3,(H,20,21)/b12-8+. The zero-order chi connectivity index (χ0) is 16.6. The van der Waals surface area contributed by atoms with E-state index in [1.165, 1.54) is 6.08 Å². The Bertz CT molecular complexity index is 966. The SMILES string of the molecule is C=C(Cl)/C=C(/Cl)c1oc(=O)c(-c2nc3ccccc3[nH]2)cc1C. The van der Waals surface area contributed by atoms with Crippen molar-refractivity contribution < 1.29 is 4.42 Å². The number of rotatable bonds is 3. The highest BCUT2D eigenvalue weighted by molar-refractivity contribution is 6.49. The van der Waals surface area contributed by atoms with Gasteiger partial charge in [-0.3, -0.25) is 0 Å². The second kappa shape index (κ2) is 6.07. The minimum Gasteiger partial charge on any atom is -0.421 e. The van der Waals surface area contributed by atoms with Crippen molar-refractivity contribution in [1.29, 1.82) is 0 Å². The highest BCUT2D eigenvalue weighted by Gasteiger charge is 2.15. The summed E-state index contributed by atoms with van der Waals surface area (Å²) in [6, 6.07) is 9.22. The average molecular weight is 347 g/mol. The molecule has 0 saturated heterocycles. The molecular weight excluding hydrogens is 335 g/mol. The van der Waals surface area contributed by atoms with Gasteiger partial charge in [-0.15, -0.1) is 0 Å². The Labute approximate surface area is 142 Å². The van der Waals surface area contributed by atoms with Gasteiger partial charge in [-0.05, 0) is 36.8 Å². The molecule has 2 aromatic heterocycles. The minimum atomic E-state index is -0.531. The fraction of sp³-hybridized carbons (Fsp3) is 0.0588. The van der Waals surface area contributed by atoms with Gasteiger partial charge >= 0.3 is 5.63 Å². The summed E-state index contributed by atoms with van der Waals surface area (Å²) < 4.78 is 5.34. The van der Waals surface area contributed by atoms with E-state index >= 15 is 0 Å². The van der Waals surface area contributed by atoms with Crippen molar-refractivity contribution in [3.05, 3.63) is 69.8 Å². The summed E-state index contributed by atoms with van der Waals surface area (Å²) in [6.45, 7) is 5.32. The number of halogens is 2. The maximum atomic E-state index is 12.3. The maximum absolute atomic E-state index is 12.3. The zero-order valence-electron chi connectivity index (χ0n) is 12.2. The molecule has 1 N–H and O–H groups in total. The number of aromatic nitrogens is 2. The third-order valence-electron chi connectivity index (χ3n) is 3.28. The lowest BCUT2D eigenvalue weighted by atomic mass is 10.1. The summed E-state index contributed by atoms with van der Waals surface area (Å²) in [5.41, 5.74) is 2.13. The number of benzene rings is 1. The molecule has 6 heteroatoms. The molecule has 0 saturated carbocycles. The third kappa shape index (κ3) is 3.09.